The summed E-state index contributed by atoms with van der Waals surface area (Å²) >= 11 is 1.55. The Bertz CT molecular complexity index is 1280. The van der Waals surface area contributed by atoms with Crippen LogP contribution in [0.2, 0.25) is 0 Å². The average Bonchev–Trinajstić information content (AvgIpc) is 3.41. The van der Waals surface area contributed by atoms with Crippen molar-refractivity contribution in [2.45, 2.75) is 45.1 Å². The van der Waals surface area contributed by atoms with Crippen molar-refractivity contribution in [3.63, 3.8) is 0 Å². The average molecular weight is 492 g/mol. The molecule has 5 rings (SSSR count). The lowest BCUT2D eigenvalue weighted by molar-refractivity contribution is -0.134. The highest BCUT2D eigenvalue weighted by atomic mass is 32.1. The van der Waals surface area contributed by atoms with E-state index in [-0.39, 0.29) is 23.8 Å². The number of thiazole rings is 1. The quantitative estimate of drug-likeness (QED) is 0.529. The summed E-state index contributed by atoms with van der Waals surface area (Å²) < 4.78 is 0. The Kier molecular flexibility index (Phi) is 6.27. The number of fused-ring (bicyclic) bond motifs is 1. The number of benzene rings is 1. The van der Waals surface area contributed by atoms with Gasteiger partial charge in [-0.3, -0.25) is 19.5 Å². The van der Waals surface area contributed by atoms with E-state index in [2.05, 4.69) is 15.3 Å². The number of nitrogens with one attached hydrogen (secondary N) is 1. The fourth-order valence-corrected chi connectivity index (χ4v) is 6.17. The van der Waals surface area contributed by atoms with Crippen LogP contribution >= 0.6 is 11.3 Å². The first-order valence-corrected chi connectivity index (χ1v) is 13.0. The Labute approximate surface area is 208 Å². The number of likely N-dealkylation sites (tertiary alicyclic amines) is 1. The molecule has 1 aromatic carbocycles. The highest BCUT2D eigenvalue weighted by Crippen LogP contribution is 2.36. The van der Waals surface area contributed by atoms with E-state index in [1.807, 2.05) is 49.1 Å². The third-order valence-corrected chi connectivity index (χ3v) is 8.49. The molecule has 1 atom stereocenters. The SMILES string of the molecule is CCC1(C2CCN(C(=O)c3ccc4ncccc4c3)CC2)NC(=O)N(CCc2scnc2C)C1=O. The standard InChI is InChI=1S/C26H29N5O3S/c1-3-26(24(33)31(25(34)29-26)14-10-22-17(2)28-16-35-22)20-8-12-30(13-9-20)23(32)19-6-7-21-18(15-19)5-4-11-27-21/h4-7,11,15-16,20H,3,8-10,12-14H2,1-2H3,(H,29,34). The summed E-state index contributed by atoms with van der Waals surface area (Å²) in [6, 6.07) is 9.07. The molecule has 2 fully saturated rings. The number of piperidine rings is 1. The molecule has 4 heterocycles. The number of pyridine rings is 1. The smallest absolute Gasteiger partial charge is 0.325 e. The van der Waals surface area contributed by atoms with Crippen molar-refractivity contribution >= 4 is 40.1 Å². The van der Waals surface area contributed by atoms with Crippen LogP contribution < -0.4 is 5.32 Å². The van der Waals surface area contributed by atoms with Crippen molar-refractivity contribution < 1.29 is 14.4 Å². The molecule has 1 unspecified atom stereocenters. The number of aromatic nitrogens is 2. The first kappa shape index (κ1) is 23.4. The molecule has 1 N–H and O–H groups in total. The van der Waals surface area contributed by atoms with E-state index >= 15 is 0 Å². The van der Waals surface area contributed by atoms with Gasteiger partial charge in [0.25, 0.3) is 11.8 Å². The largest absolute Gasteiger partial charge is 0.339 e. The van der Waals surface area contributed by atoms with Crippen molar-refractivity contribution in [3.05, 3.63) is 58.2 Å². The van der Waals surface area contributed by atoms with Gasteiger partial charge in [-0.2, -0.15) is 0 Å². The second-order valence-corrected chi connectivity index (χ2v) is 10.2. The number of aryl methyl sites for hydroxylation is 1. The first-order valence-electron chi connectivity index (χ1n) is 12.1. The van der Waals surface area contributed by atoms with E-state index in [4.69, 9.17) is 0 Å². The minimum atomic E-state index is -0.899. The second-order valence-electron chi connectivity index (χ2n) is 9.30. The zero-order chi connectivity index (χ0) is 24.6. The predicted molar refractivity (Wildman–Crippen MR) is 134 cm³/mol. The molecule has 2 aliphatic rings. The summed E-state index contributed by atoms with van der Waals surface area (Å²) in [6.45, 7) is 5.36. The van der Waals surface area contributed by atoms with Crippen LogP contribution in [0.25, 0.3) is 10.9 Å². The second kappa shape index (κ2) is 9.37. The molecule has 35 heavy (non-hydrogen) atoms. The van der Waals surface area contributed by atoms with Gasteiger partial charge in [-0.25, -0.2) is 9.78 Å². The molecular formula is C26H29N5O3S. The molecule has 3 aromatic rings. The molecule has 0 spiro atoms. The number of urea groups is 1. The van der Waals surface area contributed by atoms with Gasteiger partial charge >= 0.3 is 6.03 Å². The topological polar surface area (TPSA) is 95.5 Å². The Morgan fingerprint density at radius 1 is 1.20 bits per heavy atom. The summed E-state index contributed by atoms with van der Waals surface area (Å²) in [4.78, 5) is 52.4. The number of imide groups is 1. The lowest BCUT2D eigenvalue weighted by Gasteiger charge is -2.40. The molecule has 2 saturated heterocycles. The Morgan fingerprint density at radius 2 is 2.00 bits per heavy atom. The van der Waals surface area contributed by atoms with Gasteiger partial charge in [-0.15, -0.1) is 11.3 Å². The highest BCUT2D eigenvalue weighted by Gasteiger charge is 2.54. The Morgan fingerprint density at radius 3 is 2.71 bits per heavy atom. The molecule has 2 aromatic heterocycles. The maximum Gasteiger partial charge on any atom is 0.325 e. The lowest BCUT2D eigenvalue weighted by atomic mass is 9.75. The molecule has 182 valence electrons. The predicted octanol–water partition coefficient (Wildman–Crippen LogP) is 3.80. The van der Waals surface area contributed by atoms with E-state index in [1.165, 1.54) is 4.90 Å². The molecule has 4 amide bonds. The van der Waals surface area contributed by atoms with E-state index in [0.717, 1.165) is 21.5 Å². The molecule has 0 bridgehead atoms. The van der Waals surface area contributed by atoms with Gasteiger partial charge in [0, 0.05) is 48.1 Å². The van der Waals surface area contributed by atoms with Crippen LogP contribution in [0.1, 0.15) is 47.1 Å². The summed E-state index contributed by atoms with van der Waals surface area (Å²) in [5.41, 5.74) is 3.34. The first-order chi connectivity index (χ1) is 16.9. The van der Waals surface area contributed by atoms with E-state index in [9.17, 15) is 14.4 Å². The molecule has 9 heteroatoms. The Balaban J connectivity index is 1.25. The molecule has 2 aliphatic heterocycles. The molecular weight excluding hydrogens is 462 g/mol. The molecule has 0 saturated carbocycles. The Hall–Kier alpha value is -3.33. The molecule has 0 aliphatic carbocycles. The third kappa shape index (κ3) is 4.18. The zero-order valence-corrected chi connectivity index (χ0v) is 20.8. The zero-order valence-electron chi connectivity index (χ0n) is 20.0. The number of carbonyl (C=O) groups excluding carboxylic acids is 3. The normalized spacial score (nSPS) is 21.1. The van der Waals surface area contributed by atoms with E-state index < -0.39 is 5.54 Å². The van der Waals surface area contributed by atoms with Crippen LogP contribution in [0.5, 0.6) is 0 Å². The lowest BCUT2D eigenvalue weighted by Crippen LogP contribution is -2.56. The van der Waals surface area contributed by atoms with Crippen molar-refractivity contribution in [2.24, 2.45) is 5.92 Å². The van der Waals surface area contributed by atoms with Crippen LogP contribution in [-0.4, -0.2) is 62.8 Å². The van der Waals surface area contributed by atoms with Crippen LogP contribution in [0.4, 0.5) is 4.79 Å². The van der Waals surface area contributed by atoms with Crippen LogP contribution in [0.15, 0.2) is 42.0 Å². The van der Waals surface area contributed by atoms with Crippen LogP contribution in [-0.2, 0) is 11.2 Å². The maximum absolute atomic E-state index is 13.5. The maximum atomic E-state index is 13.5. The highest BCUT2D eigenvalue weighted by molar-refractivity contribution is 7.09. The van der Waals surface area contributed by atoms with Crippen molar-refractivity contribution in [2.75, 3.05) is 19.6 Å². The minimum Gasteiger partial charge on any atom is -0.339 e. The fraction of sp³-hybridized carbons (Fsp3) is 0.423. The third-order valence-electron chi connectivity index (χ3n) is 7.50. The van der Waals surface area contributed by atoms with Gasteiger partial charge in [-0.05, 0) is 56.4 Å². The number of hydrogen-bond donors (Lipinski definition) is 1. The van der Waals surface area contributed by atoms with Gasteiger partial charge in [0.15, 0.2) is 0 Å². The summed E-state index contributed by atoms with van der Waals surface area (Å²) in [5, 5.41) is 3.98. The monoisotopic (exact) mass is 491 g/mol. The number of nitrogens with zero attached hydrogens (tertiary/aromatic N) is 4. The number of hydrogen-bond acceptors (Lipinski definition) is 6. The number of carbonyl (C=O) groups is 3. The molecule has 0 radical (unpaired) electrons. The van der Waals surface area contributed by atoms with E-state index in [0.29, 0.717) is 50.9 Å². The van der Waals surface area contributed by atoms with E-state index in [1.54, 1.807) is 23.0 Å². The summed E-state index contributed by atoms with van der Waals surface area (Å²) in [6.07, 6.45) is 4.22. The van der Waals surface area contributed by atoms with Gasteiger partial charge in [0.2, 0.25) is 0 Å². The minimum absolute atomic E-state index is 0.0102. The van der Waals surface area contributed by atoms with Gasteiger partial charge in [0.1, 0.15) is 5.54 Å². The van der Waals surface area contributed by atoms with Gasteiger partial charge in [0.05, 0.1) is 16.7 Å². The van der Waals surface area contributed by atoms with Crippen LogP contribution in [0, 0.1) is 12.8 Å². The van der Waals surface area contributed by atoms with Crippen LogP contribution in [0.3, 0.4) is 0 Å². The fourth-order valence-electron chi connectivity index (χ4n) is 5.40. The van der Waals surface area contributed by atoms with Crippen molar-refractivity contribution in [1.29, 1.82) is 0 Å². The summed E-state index contributed by atoms with van der Waals surface area (Å²) in [5.74, 6) is -0.161. The van der Waals surface area contributed by atoms with Gasteiger partial charge in [-0.1, -0.05) is 13.0 Å². The van der Waals surface area contributed by atoms with Gasteiger partial charge < -0.3 is 10.2 Å². The number of rotatable bonds is 6. The molecule has 8 nitrogen and oxygen atoms in total. The summed E-state index contributed by atoms with van der Waals surface area (Å²) in [7, 11) is 0. The van der Waals surface area contributed by atoms with Crippen molar-refractivity contribution in [3.8, 4) is 0 Å². The number of amides is 4. The van der Waals surface area contributed by atoms with Crippen molar-refractivity contribution in [1.82, 2.24) is 25.1 Å².